The monoisotopic (exact) mass is 570 g/mol. The van der Waals surface area contributed by atoms with E-state index in [1.54, 1.807) is 0 Å². The SMILES string of the molecule is CCC[C@H](CO)Nc1nc(SSc2nc(N[C@@H](CO)CCC)c3sc(=O)[nH]c3n2)nc2[nH]c(=O)sc12. The van der Waals surface area contributed by atoms with Crippen molar-refractivity contribution in [2.75, 3.05) is 23.8 Å². The largest absolute Gasteiger partial charge is 0.394 e. The van der Waals surface area contributed by atoms with Gasteiger partial charge in [-0.3, -0.25) is 19.6 Å². The molecule has 6 N–H and O–H groups in total. The van der Waals surface area contributed by atoms with Crippen LogP contribution in [0.2, 0.25) is 0 Å². The number of H-pyrrole nitrogens is 2. The second-order valence-electron chi connectivity index (χ2n) is 7.89. The number of fused-ring (bicyclic) bond motifs is 2. The zero-order valence-electron chi connectivity index (χ0n) is 19.5. The summed E-state index contributed by atoms with van der Waals surface area (Å²) < 4.78 is 1.18. The van der Waals surface area contributed by atoms with Gasteiger partial charge in [0.25, 0.3) is 0 Å². The zero-order chi connectivity index (χ0) is 25.7. The van der Waals surface area contributed by atoms with E-state index >= 15 is 0 Å². The minimum atomic E-state index is -0.246. The maximum atomic E-state index is 12.0. The fraction of sp³-hybridized carbons (Fsp3) is 0.500. The minimum absolute atomic E-state index is 0.0643. The van der Waals surface area contributed by atoms with E-state index in [2.05, 4.69) is 40.5 Å². The molecule has 4 heterocycles. The molecule has 0 amide bonds. The van der Waals surface area contributed by atoms with Crippen LogP contribution in [0.25, 0.3) is 20.7 Å². The summed E-state index contributed by atoms with van der Waals surface area (Å²) in [5, 5.41) is 26.6. The van der Waals surface area contributed by atoms with Crippen molar-refractivity contribution in [3.05, 3.63) is 19.3 Å². The topological polar surface area (TPSA) is 182 Å². The smallest absolute Gasteiger partial charge is 0.306 e. The lowest BCUT2D eigenvalue weighted by Crippen LogP contribution is -2.24. The van der Waals surface area contributed by atoms with Crippen LogP contribution in [0, 0.1) is 0 Å². The van der Waals surface area contributed by atoms with E-state index in [9.17, 15) is 19.8 Å². The summed E-state index contributed by atoms with van der Waals surface area (Å²) in [6.45, 7) is 3.92. The number of aliphatic hydroxyl groups is 2. The van der Waals surface area contributed by atoms with Gasteiger partial charge in [0.1, 0.15) is 9.40 Å². The van der Waals surface area contributed by atoms with Crippen LogP contribution < -0.4 is 20.4 Å². The van der Waals surface area contributed by atoms with Gasteiger partial charge in [-0.05, 0) is 34.4 Å². The number of hydrogen-bond acceptors (Lipinski definition) is 14. The van der Waals surface area contributed by atoms with Crippen molar-refractivity contribution in [3.63, 3.8) is 0 Å². The van der Waals surface area contributed by atoms with Crippen LogP contribution in [-0.4, -0.2) is 65.4 Å². The van der Waals surface area contributed by atoms with E-state index in [0.717, 1.165) is 48.4 Å². The molecule has 0 radical (unpaired) electrons. The fourth-order valence-electron chi connectivity index (χ4n) is 3.50. The van der Waals surface area contributed by atoms with Crippen LogP contribution in [0.3, 0.4) is 0 Å². The highest BCUT2D eigenvalue weighted by molar-refractivity contribution is 8.76. The average molecular weight is 571 g/mol. The third kappa shape index (κ3) is 6.36. The molecule has 0 aliphatic heterocycles. The molecule has 4 aromatic rings. The Hall–Kier alpha value is -2.24. The summed E-state index contributed by atoms with van der Waals surface area (Å²) in [6.07, 6.45) is 3.24. The molecule has 4 rings (SSSR count). The van der Waals surface area contributed by atoms with Gasteiger partial charge >= 0.3 is 9.75 Å². The number of hydrogen-bond donors (Lipinski definition) is 6. The number of aromatic amines is 2. The Kier molecular flexibility index (Phi) is 9.19. The number of aromatic nitrogens is 6. The zero-order valence-corrected chi connectivity index (χ0v) is 22.8. The van der Waals surface area contributed by atoms with Crippen molar-refractivity contribution < 1.29 is 10.2 Å². The summed E-state index contributed by atoms with van der Waals surface area (Å²) >= 11 is 2.02. The first-order valence-electron chi connectivity index (χ1n) is 11.3. The number of nitrogens with zero attached hydrogens (tertiary/aromatic N) is 4. The summed E-state index contributed by atoms with van der Waals surface area (Å²) in [4.78, 5) is 46.9. The quantitative estimate of drug-likeness (QED) is 0.102. The van der Waals surface area contributed by atoms with Crippen molar-refractivity contribution in [2.24, 2.45) is 0 Å². The van der Waals surface area contributed by atoms with Crippen LogP contribution in [0.4, 0.5) is 11.6 Å². The molecule has 0 fully saturated rings. The third-order valence-corrected chi connectivity index (χ3v) is 8.76. The second-order valence-corrected chi connectivity index (χ2v) is 11.9. The number of nitrogens with one attached hydrogen (secondary N) is 4. The minimum Gasteiger partial charge on any atom is -0.394 e. The van der Waals surface area contributed by atoms with Crippen LogP contribution >= 0.6 is 44.3 Å². The van der Waals surface area contributed by atoms with Gasteiger partial charge < -0.3 is 20.8 Å². The van der Waals surface area contributed by atoms with Gasteiger partial charge in [-0.2, -0.15) is 0 Å². The molecule has 4 aromatic heterocycles. The van der Waals surface area contributed by atoms with E-state index in [-0.39, 0.29) is 35.0 Å². The summed E-state index contributed by atoms with van der Waals surface area (Å²) in [5.74, 6) is 0.954. The van der Waals surface area contributed by atoms with Gasteiger partial charge in [0.2, 0.25) is 10.3 Å². The van der Waals surface area contributed by atoms with Gasteiger partial charge in [0.15, 0.2) is 22.9 Å². The van der Waals surface area contributed by atoms with Crippen LogP contribution in [0.5, 0.6) is 0 Å². The Balaban J connectivity index is 1.62. The van der Waals surface area contributed by atoms with Crippen molar-refractivity contribution in [1.29, 1.82) is 0 Å². The highest BCUT2D eigenvalue weighted by atomic mass is 33.1. The average Bonchev–Trinajstić information content (AvgIpc) is 3.43. The van der Waals surface area contributed by atoms with E-state index in [0.29, 0.717) is 42.6 Å². The fourth-order valence-corrected chi connectivity index (χ4v) is 6.51. The van der Waals surface area contributed by atoms with Crippen molar-refractivity contribution in [1.82, 2.24) is 29.9 Å². The Morgan fingerprint density at radius 3 is 1.56 bits per heavy atom. The van der Waals surface area contributed by atoms with Gasteiger partial charge in [-0.25, -0.2) is 19.9 Å². The highest BCUT2D eigenvalue weighted by Gasteiger charge is 2.18. The molecule has 0 aromatic carbocycles. The molecule has 16 heteroatoms. The van der Waals surface area contributed by atoms with E-state index in [1.807, 2.05) is 13.8 Å². The number of anilines is 2. The van der Waals surface area contributed by atoms with Crippen LogP contribution in [0.1, 0.15) is 39.5 Å². The Morgan fingerprint density at radius 1 is 0.778 bits per heavy atom. The molecule has 194 valence electrons. The van der Waals surface area contributed by atoms with Crippen LogP contribution in [-0.2, 0) is 0 Å². The summed E-state index contributed by atoms with van der Waals surface area (Å²) in [5.41, 5.74) is 0.815. The van der Waals surface area contributed by atoms with Gasteiger partial charge in [0.05, 0.1) is 25.3 Å². The molecular formula is C20H26N8O4S4. The lowest BCUT2D eigenvalue weighted by atomic mass is 10.2. The van der Waals surface area contributed by atoms with E-state index < -0.39 is 0 Å². The highest BCUT2D eigenvalue weighted by Crippen LogP contribution is 2.37. The van der Waals surface area contributed by atoms with E-state index in [4.69, 9.17) is 0 Å². The Bertz CT molecular complexity index is 1330. The molecule has 0 unspecified atom stereocenters. The first-order valence-corrected chi connectivity index (χ1v) is 15.1. The number of rotatable bonds is 13. The molecule has 12 nitrogen and oxygen atoms in total. The standard InChI is InChI=1S/C20H26N8O4S4/c1-3-5-9(7-29)21-13-11-15(27-19(31)33-11)25-17(23-13)35-36-18-24-14(22-10(8-30)6-4-2)12-16(26-18)28-20(32)34-12/h9-10,29-30H,3-8H2,1-2H3,(H2,21,23,25,27,31)(H2,22,24,26,28,32)/t9-,10-/m1/s1. The molecule has 0 aliphatic carbocycles. The molecule has 0 saturated heterocycles. The Morgan fingerprint density at radius 2 is 1.19 bits per heavy atom. The van der Waals surface area contributed by atoms with Crippen molar-refractivity contribution in [3.8, 4) is 0 Å². The van der Waals surface area contributed by atoms with Crippen molar-refractivity contribution in [2.45, 2.75) is 61.9 Å². The first kappa shape index (κ1) is 26.8. The predicted octanol–water partition coefficient (Wildman–Crippen LogP) is 3.02. The van der Waals surface area contributed by atoms with Crippen LogP contribution in [0.15, 0.2) is 19.9 Å². The molecular weight excluding hydrogens is 545 g/mol. The Labute approximate surface area is 221 Å². The molecule has 0 spiro atoms. The van der Waals surface area contributed by atoms with Gasteiger partial charge in [0, 0.05) is 0 Å². The number of aliphatic hydroxyl groups excluding tert-OH is 2. The molecule has 2 atom stereocenters. The normalized spacial score (nSPS) is 13.3. The third-order valence-electron chi connectivity index (χ3n) is 5.11. The predicted molar refractivity (Wildman–Crippen MR) is 147 cm³/mol. The summed E-state index contributed by atoms with van der Waals surface area (Å²) in [6, 6.07) is -0.402. The maximum absolute atomic E-state index is 12.0. The molecule has 0 bridgehead atoms. The molecule has 0 aliphatic rings. The van der Waals surface area contributed by atoms with Gasteiger partial charge in [-0.1, -0.05) is 49.4 Å². The number of thiazole rings is 2. The lowest BCUT2D eigenvalue weighted by molar-refractivity contribution is 0.268. The van der Waals surface area contributed by atoms with Crippen molar-refractivity contribution >= 4 is 76.6 Å². The lowest BCUT2D eigenvalue weighted by Gasteiger charge is -2.17. The first-order chi connectivity index (χ1) is 17.4. The maximum Gasteiger partial charge on any atom is 0.306 e. The molecule has 36 heavy (non-hydrogen) atoms. The van der Waals surface area contributed by atoms with E-state index in [1.165, 1.54) is 21.6 Å². The van der Waals surface area contributed by atoms with Gasteiger partial charge in [-0.15, -0.1) is 0 Å². The molecule has 0 saturated carbocycles. The summed E-state index contributed by atoms with van der Waals surface area (Å²) in [7, 11) is 2.41. The second kappa shape index (κ2) is 12.3.